The van der Waals surface area contributed by atoms with Crippen LogP contribution in [0.4, 0.5) is 17.3 Å². The molecule has 2 N–H and O–H groups in total. The average molecular weight is 304 g/mol. The smallest absolute Gasteiger partial charge is 0.136 e. The lowest BCUT2D eigenvalue weighted by atomic mass is 10.1. The lowest BCUT2D eigenvalue weighted by Gasteiger charge is -2.16. The largest absolute Gasteiger partial charge is 0.363 e. The fraction of sp³-hybridized carbons (Fsp3) is 0.158. The molecule has 0 saturated heterocycles. The van der Waals surface area contributed by atoms with Crippen molar-refractivity contribution < 1.29 is 0 Å². The summed E-state index contributed by atoms with van der Waals surface area (Å²) in [4.78, 5) is 8.93. The van der Waals surface area contributed by atoms with Crippen LogP contribution in [-0.2, 0) is 0 Å². The van der Waals surface area contributed by atoms with Crippen LogP contribution in [0.2, 0.25) is 0 Å². The van der Waals surface area contributed by atoms with E-state index in [4.69, 9.17) is 0 Å². The molecule has 1 aromatic heterocycles. The van der Waals surface area contributed by atoms with E-state index in [-0.39, 0.29) is 6.04 Å². The highest BCUT2D eigenvalue weighted by Crippen LogP contribution is 2.21. The third-order valence-corrected chi connectivity index (χ3v) is 3.55. The van der Waals surface area contributed by atoms with Crippen LogP contribution in [-0.4, -0.2) is 9.97 Å². The lowest BCUT2D eigenvalue weighted by molar-refractivity contribution is 0.867. The molecule has 0 spiro atoms. The van der Waals surface area contributed by atoms with Gasteiger partial charge in [0.25, 0.3) is 0 Å². The van der Waals surface area contributed by atoms with Crippen molar-refractivity contribution in [2.75, 3.05) is 10.6 Å². The summed E-state index contributed by atoms with van der Waals surface area (Å²) in [6, 6.07) is 22.4. The van der Waals surface area contributed by atoms with Gasteiger partial charge in [-0.25, -0.2) is 9.97 Å². The standard InChI is InChI=1S/C19H20N4/c1-14(16-9-5-3-6-10-16)20-18-13-19(22-15(2)21-18)23-17-11-7-4-8-12-17/h3-14H,1-2H3,(H2,20,21,22,23). The van der Waals surface area contributed by atoms with Gasteiger partial charge in [0.2, 0.25) is 0 Å². The first kappa shape index (κ1) is 15.0. The highest BCUT2D eigenvalue weighted by Gasteiger charge is 2.08. The number of aryl methyl sites for hydroxylation is 1. The third kappa shape index (κ3) is 4.07. The molecule has 116 valence electrons. The topological polar surface area (TPSA) is 49.8 Å². The summed E-state index contributed by atoms with van der Waals surface area (Å²) in [7, 11) is 0. The number of hydrogen-bond acceptors (Lipinski definition) is 4. The fourth-order valence-corrected chi connectivity index (χ4v) is 2.42. The Labute approximate surface area is 136 Å². The molecule has 4 nitrogen and oxygen atoms in total. The highest BCUT2D eigenvalue weighted by molar-refractivity contribution is 5.59. The molecule has 3 aromatic rings. The molecule has 1 atom stereocenters. The monoisotopic (exact) mass is 304 g/mol. The molecule has 0 aliphatic carbocycles. The molecule has 0 amide bonds. The summed E-state index contributed by atoms with van der Waals surface area (Å²) in [6.45, 7) is 4.02. The summed E-state index contributed by atoms with van der Waals surface area (Å²) in [6.07, 6.45) is 0. The van der Waals surface area contributed by atoms with Gasteiger partial charge in [-0.05, 0) is 31.5 Å². The Hall–Kier alpha value is -2.88. The maximum atomic E-state index is 4.48. The summed E-state index contributed by atoms with van der Waals surface area (Å²) < 4.78 is 0. The highest BCUT2D eigenvalue weighted by atomic mass is 15.1. The van der Waals surface area contributed by atoms with Gasteiger partial charge in [0.15, 0.2) is 0 Å². The summed E-state index contributed by atoms with van der Waals surface area (Å²) in [5, 5.41) is 6.74. The van der Waals surface area contributed by atoms with E-state index < -0.39 is 0 Å². The van der Waals surface area contributed by atoms with E-state index in [2.05, 4.69) is 39.7 Å². The van der Waals surface area contributed by atoms with E-state index in [1.165, 1.54) is 5.56 Å². The second-order valence-corrected chi connectivity index (χ2v) is 5.45. The van der Waals surface area contributed by atoms with Gasteiger partial charge in [-0.3, -0.25) is 0 Å². The number of anilines is 3. The van der Waals surface area contributed by atoms with Gasteiger partial charge in [-0.1, -0.05) is 48.5 Å². The van der Waals surface area contributed by atoms with Gasteiger partial charge in [0.1, 0.15) is 17.5 Å². The van der Waals surface area contributed by atoms with E-state index in [0.717, 1.165) is 23.1 Å². The lowest BCUT2D eigenvalue weighted by Crippen LogP contribution is -2.09. The van der Waals surface area contributed by atoms with Crippen molar-refractivity contribution in [1.29, 1.82) is 0 Å². The summed E-state index contributed by atoms with van der Waals surface area (Å²) in [5.74, 6) is 2.33. The molecular weight excluding hydrogens is 284 g/mol. The number of aromatic nitrogens is 2. The molecule has 0 bridgehead atoms. The predicted molar refractivity (Wildman–Crippen MR) is 95.0 cm³/mol. The zero-order chi connectivity index (χ0) is 16.1. The third-order valence-electron chi connectivity index (χ3n) is 3.55. The van der Waals surface area contributed by atoms with Crippen molar-refractivity contribution in [2.45, 2.75) is 19.9 Å². The summed E-state index contributed by atoms with van der Waals surface area (Å²) >= 11 is 0. The Bertz CT molecular complexity index is 757. The molecule has 1 unspecified atom stereocenters. The van der Waals surface area contributed by atoms with Crippen LogP contribution in [0.25, 0.3) is 0 Å². The maximum absolute atomic E-state index is 4.48. The first-order chi connectivity index (χ1) is 11.2. The first-order valence-electron chi connectivity index (χ1n) is 7.70. The SMILES string of the molecule is Cc1nc(Nc2ccccc2)cc(NC(C)c2ccccc2)n1. The fourth-order valence-electron chi connectivity index (χ4n) is 2.42. The minimum absolute atomic E-state index is 0.176. The normalized spacial score (nSPS) is 11.7. The van der Waals surface area contributed by atoms with Gasteiger partial charge in [-0.15, -0.1) is 0 Å². The van der Waals surface area contributed by atoms with Crippen LogP contribution in [0.1, 0.15) is 24.4 Å². The van der Waals surface area contributed by atoms with Crippen LogP contribution < -0.4 is 10.6 Å². The molecule has 0 saturated carbocycles. The number of benzene rings is 2. The number of nitrogens with zero attached hydrogens (tertiary/aromatic N) is 2. The van der Waals surface area contributed by atoms with Crippen LogP contribution in [0, 0.1) is 6.92 Å². The molecular formula is C19H20N4. The van der Waals surface area contributed by atoms with Gasteiger partial charge >= 0.3 is 0 Å². The van der Waals surface area contributed by atoms with Crippen LogP contribution in [0.5, 0.6) is 0 Å². The minimum atomic E-state index is 0.176. The first-order valence-corrected chi connectivity index (χ1v) is 7.70. The van der Waals surface area contributed by atoms with Crippen LogP contribution in [0.15, 0.2) is 66.7 Å². The molecule has 3 rings (SSSR count). The number of hydrogen-bond donors (Lipinski definition) is 2. The molecule has 0 radical (unpaired) electrons. The number of rotatable bonds is 5. The van der Waals surface area contributed by atoms with E-state index in [0.29, 0.717) is 0 Å². The van der Waals surface area contributed by atoms with Gasteiger partial charge in [-0.2, -0.15) is 0 Å². The molecule has 2 aromatic carbocycles. The van der Waals surface area contributed by atoms with Crippen molar-refractivity contribution in [3.05, 3.63) is 78.1 Å². The maximum Gasteiger partial charge on any atom is 0.136 e. The number of nitrogens with one attached hydrogen (secondary N) is 2. The van der Waals surface area contributed by atoms with Crippen molar-refractivity contribution in [2.24, 2.45) is 0 Å². The molecule has 1 heterocycles. The Morgan fingerprint density at radius 3 is 2.13 bits per heavy atom. The van der Waals surface area contributed by atoms with E-state index in [1.807, 2.05) is 61.5 Å². The van der Waals surface area contributed by atoms with E-state index in [1.54, 1.807) is 0 Å². The van der Waals surface area contributed by atoms with Crippen molar-refractivity contribution in [1.82, 2.24) is 9.97 Å². The second kappa shape index (κ2) is 6.92. The van der Waals surface area contributed by atoms with Crippen molar-refractivity contribution >= 4 is 17.3 Å². The van der Waals surface area contributed by atoms with Crippen molar-refractivity contribution in [3.8, 4) is 0 Å². The Kier molecular flexibility index (Phi) is 4.52. The number of para-hydroxylation sites is 1. The Morgan fingerprint density at radius 2 is 1.43 bits per heavy atom. The molecule has 0 aliphatic heterocycles. The van der Waals surface area contributed by atoms with Gasteiger partial charge in [0, 0.05) is 17.8 Å². The predicted octanol–water partition coefficient (Wildman–Crippen LogP) is 4.70. The molecule has 0 fully saturated rings. The van der Waals surface area contributed by atoms with E-state index >= 15 is 0 Å². The molecule has 0 aliphatic rings. The average Bonchev–Trinajstić information content (AvgIpc) is 2.56. The second-order valence-electron chi connectivity index (χ2n) is 5.45. The van der Waals surface area contributed by atoms with Gasteiger partial charge < -0.3 is 10.6 Å². The quantitative estimate of drug-likeness (QED) is 0.717. The Morgan fingerprint density at radius 1 is 0.826 bits per heavy atom. The zero-order valence-corrected chi connectivity index (χ0v) is 13.3. The molecule has 4 heteroatoms. The molecule has 23 heavy (non-hydrogen) atoms. The van der Waals surface area contributed by atoms with Crippen LogP contribution in [0.3, 0.4) is 0 Å². The zero-order valence-electron chi connectivity index (χ0n) is 13.3. The van der Waals surface area contributed by atoms with E-state index in [9.17, 15) is 0 Å². The Balaban J connectivity index is 1.78. The summed E-state index contributed by atoms with van der Waals surface area (Å²) in [5.41, 5.74) is 2.23. The van der Waals surface area contributed by atoms with Gasteiger partial charge in [0.05, 0.1) is 0 Å². The van der Waals surface area contributed by atoms with Crippen LogP contribution >= 0.6 is 0 Å². The van der Waals surface area contributed by atoms with Crippen molar-refractivity contribution in [3.63, 3.8) is 0 Å². The minimum Gasteiger partial charge on any atom is -0.363 e.